The minimum Gasteiger partial charge on any atom is -0.871 e. The predicted molar refractivity (Wildman–Crippen MR) is 336 cm³/mol. The molecule has 0 saturated heterocycles. The van der Waals surface area contributed by atoms with Crippen LogP contribution in [0.25, 0.3) is 43.1 Å². The standard InChI is InChI=1S/C54H38Cl2N14O23S7.7Na/c1-70(54-63-50(56)62-53(65-54)59-36-17-15-30-33(48(36)100(91,92)93)21-40(96(79,80)81)42(44(30)71)68-66-27-11-12-28-25(20-27)6-3-9-38(28)94(73,74)75)23-24-5-2-7-26(19-24)57-51-60-49(55)61-52(64-51)58-35-16-14-31-34(47(35)99(88,89)90)22-41(97(82,83)84)43(45(31)72)69-67-37-18-13-29-32(46(37)98(85,86)87)8-4-10-39(29)95(76,77)78;;;;;;;/h2-22,71-72H,23H2,1H3,(H,73,74,75)(H,76,77,78)(H,79,80,81)(H,82,83,84)(H,85,86,87)(H,88,89,90)(H,91,92,93)(H,59,62,63,65)(H2,57,58,60,61,64);;;;;;;/q;7*+1/p-7. The molecule has 11 aromatic rings. The summed E-state index contributed by atoms with van der Waals surface area (Å²) >= 11 is 12.6. The van der Waals surface area contributed by atoms with E-state index < -0.39 is 199 Å². The quantitative estimate of drug-likeness (QED) is 0.0321. The number of fused-ring (bicyclic) bond motifs is 4. The van der Waals surface area contributed by atoms with Crippen LogP contribution in [0.3, 0.4) is 0 Å². The van der Waals surface area contributed by atoms with Gasteiger partial charge in [-0.1, -0.05) is 72.2 Å². The molecule has 53 heteroatoms. The van der Waals surface area contributed by atoms with Crippen LogP contribution >= 0.6 is 23.2 Å². The Morgan fingerprint density at radius 3 is 1.43 bits per heavy atom. The molecule has 0 aliphatic rings. The first-order valence-corrected chi connectivity index (χ1v) is 37.4. The van der Waals surface area contributed by atoms with Gasteiger partial charge in [-0.25, -0.2) is 57.1 Å². The van der Waals surface area contributed by atoms with Crippen LogP contribution in [-0.2, 0) is 77.4 Å². The summed E-state index contributed by atoms with van der Waals surface area (Å²) in [6.07, 6.45) is 0. The van der Waals surface area contributed by atoms with Crippen molar-refractivity contribution in [3.63, 3.8) is 0 Å². The maximum Gasteiger partial charge on any atom is 1.00 e. The monoisotopic (exact) mass is 1700 g/mol. The van der Waals surface area contributed by atoms with Crippen LogP contribution in [0.15, 0.2) is 197 Å². The average molecular weight is 1700 g/mol. The number of azo groups is 2. The Balaban J connectivity index is 0.00000346. The predicted octanol–water partition coefficient (Wildman–Crippen LogP) is -15.9. The van der Waals surface area contributed by atoms with Crippen LogP contribution in [0.2, 0.25) is 10.6 Å². The second kappa shape index (κ2) is 37.1. The zero-order chi connectivity index (χ0) is 72.7. The van der Waals surface area contributed by atoms with Gasteiger partial charge in [0.15, 0.2) is 0 Å². The van der Waals surface area contributed by atoms with Crippen LogP contribution in [0.1, 0.15) is 5.56 Å². The maximum absolute atomic E-state index is 14.0. The molecule has 0 fully saturated rings. The summed E-state index contributed by atoms with van der Waals surface area (Å²) in [6.45, 7) is -0.0743. The van der Waals surface area contributed by atoms with Crippen LogP contribution < -0.4 is 239 Å². The molecule has 0 radical (unpaired) electrons. The topological polar surface area (TPSA) is 617 Å². The molecule has 0 aliphatic carbocycles. The van der Waals surface area contributed by atoms with Gasteiger partial charge in [0.05, 0.1) is 58.6 Å². The number of aromatic amines is 3. The smallest absolute Gasteiger partial charge is 0.871 e. The maximum atomic E-state index is 14.0. The van der Waals surface area contributed by atoms with Crippen molar-refractivity contribution in [1.29, 1.82) is 0 Å². The Bertz CT molecular complexity index is 6620. The number of aromatic nitrogens is 6. The van der Waals surface area contributed by atoms with E-state index in [1.54, 1.807) is 6.07 Å². The molecule has 2 heterocycles. The molecule has 2 aromatic heterocycles. The first kappa shape index (κ1) is 96.4. The summed E-state index contributed by atoms with van der Waals surface area (Å²) in [6, 6.07) is 21.9. The second-order valence-corrected chi connectivity index (χ2v) is 30.7. The van der Waals surface area contributed by atoms with Crippen molar-refractivity contribution in [2.24, 2.45) is 35.4 Å². The molecule has 0 spiro atoms. The van der Waals surface area contributed by atoms with Crippen molar-refractivity contribution in [3.05, 3.63) is 160 Å². The van der Waals surface area contributed by atoms with Crippen molar-refractivity contribution in [1.82, 2.24) is 29.9 Å². The molecule has 0 bridgehead atoms. The molecule has 11 rings (SSSR count). The van der Waals surface area contributed by atoms with Gasteiger partial charge >= 0.3 is 207 Å². The molecule has 0 amide bonds. The zero-order valence-corrected chi connectivity index (χ0v) is 77.1. The van der Waals surface area contributed by atoms with Crippen LogP contribution in [0, 0.1) is 0 Å². The van der Waals surface area contributed by atoms with Crippen LogP contribution in [0.4, 0.5) is 45.8 Å². The summed E-state index contributed by atoms with van der Waals surface area (Å²) in [5.74, 6) is -3.05. The SMILES string of the molecule is CN(Cc1cccc(N=c2nc(Cl)[nH]c(=Nc3ccc4c([O-])c(N=Nc5ccc6c(S(=O)(=O)[O-])cccc6c5S(=O)(=O)[O-])c(S(=O)(=O)[O-])cc4c3S(=O)(=O)O)[nH]2)c1)c1nc(Cl)nc(=Nc2ccc3c([O-])c(N=Nc4ccc5c(S(=O)(=O)[O-])cccc5c4)c(S(=O)(=O)[O-])cc3c2S(=O)(=O)O)[nH]1.[Na+].[Na+].[Na+].[Na+].[Na+].[Na+].[Na+]. The second-order valence-electron chi connectivity index (χ2n) is 20.6. The fourth-order valence-electron chi connectivity index (χ4n) is 10.1. The van der Waals surface area contributed by atoms with Crippen LogP contribution in [-0.4, -0.2) is 128 Å². The number of nitrogens with one attached hydrogen (secondary N) is 3. The van der Waals surface area contributed by atoms with E-state index in [1.165, 1.54) is 54.4 Å². The van der Waals surface area contributed by atoms with Gasteiger partial charge in [-0.15, -0.1) is 15.3 Å². The van der Waals surface area contributed by atoms with E-state index >= 15 is 0 Å². The van der Waals surface area contributed by atoms with Crippen molar-refractivity contribution >= 4 is 183 Å². The molecule has 0 saturated carbocycles. The third-order valence-corrected chi connectivity index (χ3v) is 20.7. The molecule has 5 N–H and O–H groups in total. The number of anilines is 1. The van der Waals surface area contributed by atoms with Crippen molar-refractivity contribution in [3.8, 4) is 11.5 Å². The summed E-state index contributed by atoms with van der Waals surface area (Å²) in [7, 11) is -37.2. The van der Waals surface area contributed by atoms with Crippen LogP contribution in [0.5, 0.6) is 11.5 Å². The van der Waals surface area contributed by atoms with E-state index in [0.29, 0.717) is 23.8 Å². The number of hydrogen-bond acceptors (Lipinski definition) is 32. The Morgan fingerprint density at radius 2 is 0.897 bits per heavy atom. The minimum absolute atomic E-state index is 0. The van der Waals surface area contributed by atoms with Gasteiger partial charge in [-0.3, -0.25) is 19.1 Å². The summed E-state index contributed by atoms with van der Waals surface area (Å²) in [5, 5.41) is 37.3. The van der Waals surface area contributed by atoms with E-state index in [9.17, 15) is 101 Å². The average Bonchev–Trinajstić information content (AvgIpc) is 0.748. The molecular weight excluding hydrogens is 1670 g/mol. The fourth-order valence-corrected chi connectivity index (χ4v) is 15.6. The number of hydrogen-bond donors (Lipinski definition) is 5. The Labute approximate surface area is 768 Å². The van der Waals surface area contributed by atoms with E-state index in [4.69, 9.17) is 23.2 Å². The third kappa shape index (κ3) is 21.9. The van der Waals surface area contributed by atoms with Gasteiger partial charge < -0.3 is 42.9 Å². The number of H-pyrrole nitrogens is 3. The van der Waals surface area contributed by atoms with Crippen molar-refractivity contribution in [2.45, 2.75) is 40.8 Å². The summed E-state index contributed by atoms with van der Waals surface area (Å²) in [5.41, 5.74) is -5.75. The number of halogens is 2. The summed E-state index contributed by atoms with van der Waals surface area (Å²) < 4.78 is 259. The molecule has 9 aromatic carbocycles. The van der Waals surface area contributed by atoms with Gasteiger partial charge in [-0.2, -0.15) is 36.9 Å². The van der Waals surface area contributed by atoms with Gasteiger partial charge in [0.2, 0.25) is 33.4 Å². The van der Waals surface area contributed by atoms with E-state index in [0.717, 1.165) is 60.7 Å². The molecule has 37 nitrogen and oxygen atoms in total. The van der Waals surface area contributed by atoms with Gasteiger partial charge in [0.1, 0.15) is 66.1 Å². The van der Waals surface area contributed by atoms with Crippen molar-refractivity contribution in [2.75, 3.05) is 11.9 Å². The molecule has 518 valence electrons. The Kier molecular flexibility index (Phi) is 33.4. The largest absolute Gasteiger partial charge is 1.00 e. The normalized spacial score (nSPS) is 12.8. The Hall–Kier alpha value is -3.01. The molecule has 0 unspecified atom stereocenters. The number of rotatable bonds is 17. The number of benzene rings is 9. The van der Waals surface area contributed by atoms with E-state index in [2.05, 4.69) is 65.3 Å². The Morgan fingerprint density at radius 1 is 0.421 bits per heavy atom. The molecule has 107 heavy (non-hydrogen) atoms. The molecule has 0 aliphatic heterocycles. The third-order valence-electron chi connectivity index (χ3n) is 14.1. The fraction of sp³-hybridized carbons (Fsp3) is 0.0370. The van der Waals surface area contributed by atoms with E-state index in [1.807, 2.05) is 0 Å². The van der Waals surface area contributed by atoms with E-state index in [-0.39, 0.29) is 247 Å². The van der Waals surface area contributed by atoms with Gasteiger partial charge in [0, 0.05) is 35.1 Å². The first-order chi connectivity index (χ1) is 46.5. The first-order valence-electron chi connectivity index (χ1n) is 26.7. The molecular formula is C54H31Cl2N14Na7O23S7. The van der Waals surface area contributed by atoms with Gasteiger partial charge in [0.25, 0.3) is 20.2 Å². The summed E-state index contributed by atoms with van der Waals surface area (Å²) in [4.78, 5) is 25.7. The van der Waals surface area contributed by atoms with Crippen molar-refractivity contribution < 1.29 is 308 Å². The van der Waals surface area contributed by atoms with Gasteiger partial charge in [-0.05, 0) is 117 Å². The zero-order valence-electron chi connectivity index (χ0n) is 55.8. The molecule has 0 atom stereocenters. The minimum atomic E-state index is -5.92. The number of nitrogens with zero attached hydrogens (tertiary/aromatic N) is 11.